The number of hydrogen-bond donors (Lipinski definition) is 0. The highest BCUT2D eigenvalue weighted by Crippen LogP contribution is 2.44. The van der Waals surface area contributed by atoms with Gasteiger partial charge in [-0.15, -0.1) is 0 Å². The number of Topliss-reactive ketones (excluding diaryl/α,β-unsaturated/α-hetero) is 1. The van der Waals surface area contributed by atoms with Gasteiger partial charge in [-0.1, -0.05) is 55.7 Å². The van der Waals surface area contributed by atoms with Crippen molar-refractivity contribution in [1.29, 1.82) is 0 Å². The van der Waals surface area contributed by atoms with Gasteiger partial charge in [-0.25, -0.2) is 0 Å². The second kappa shape index (κ2) is 5.95. The van der Waals surface area contributed by atoms with Crippen LogP contribution in [0.25, 0.3) is 0 Å². The first-order chi connectivity index (χ1) is 9.83. The number of ketones is 1. The summed E-state index contributed by atoms with van der Waals surface area (Å²) in [5.41, 5.74) is 2.15. The highest BCUT2D eigenvalue weighted by molar-refractivity contribution is 6.03. The van der Waals surface area contributed by atoms with Gasteiger partial charge in [0.05, 0.1) is 5.41 Å². The maximum absolute atomic E-state index is 13.2. The number of rotatable bonds is 3. The summed E-state index contributed by atoms with van der Waals surface area (Å²) >= 11 is 0. The van der Waals surface area contributed by atoms with E-state index in [1.807, 2.05) is 6.07 Å². The molecule has 20 heavy (non-hydrogen) atoms. The van der Waals surface area contributed by atoms with Crippen molar-refractivity contribution in [2.45, 2.75) is 63.2 Å². The lowest BCUT2D eigenvalue weighted by Gasteiger charge is -2.29. The summed E-state index contributed by atoms with van der Waals surface area (Å²) in [6.07, 6.45) is 12.5. The maximum Gasteiger partial charge on any atom is 0.169 e. The van der Waals surface area contributed by atoms with Crippen LogP contribution in [0.1, 0.15) is 63.4 Å². The highest BCUT2D eigenvalue weighted by atomic mass is 16.1. The quantitative estimate of drug-likeness (QED) is 0.757. The van der Waals surface area contributed by atoms with Crippen LogP contribution in [-0.2, 0) is 10.2 Å². The van der Waals surface area contributed by atoms with Gasteiger partial charge in [0, 0.05) is 0 Å². The van der Waals surface area contributed by atoms with Crippen molar-refractivity contribution < 1.29 is 4.79 Å². The molecule has 0 amide bonds. The standard InChI is InChI=1S/C19H24O/c20-18(16-10-4-1-2-5-11-16)19(14-8-9-15-19)17-12-6-3-7-13-17/h3,6-7,10,12-13H,1-2,4-5,8-9,11,14-15H2. The summed E-state index contributed by atoms with van der Waals surface area (Å²) in [5, 5.41) is 0. The largest absolute Gasteiger partial charge is 0.294 e. The Bertz CT molecular complexity index is 492. The Hall–Kier alpha value is -1.37. The summed E-state index contributed by atoms with van der Waals surface area (Å²) in [6.45, 7) is 0. The van der Waals surface area contributed by atoms with E-state index in [1.165, 1.54) is 37.7 Å². The van der Waals surface area contributed by atoms with E-state index in [0.717, 1.165) is 31.3 Å². The Balaban J connectivity index is 1.94. The van der Waals surface area contributed by atoms with Crippen LogP contribution in [0.2, 0.25) is 0 Å². The molecule has 1 heteroatoms. The maximum atomic E-state index is 13.2. The summed E-state index contributed by atoms with van der Waals surface area (Å²) in [6, 6.07) is 10.5. The van der Waals surface area contributed by atoms with Crippen molar-refractivity contribution in [2.75, 3.05) is 0 Å². The van der Waals surface area contributed by atoms with Crippen molar-refractivity contribution in [3.63, 3.8) is 0 Å². The lowest BCUT2D eigenvalue weighted by atomic mass is 9.72. The van der Waals surface area contributed by atoms with Crippen LogP contribution in [0, 0.1) is 0 Å². The Morgan fingerprint density at radius 1 is 0.900 bits per heavy atom. The Kier molecular flexibility index (Phi) is 4.05. The minimum absolute atomic E-state index is 0.211. The normalized spacial score (nSPS) is 22.1. The first-order valence-electron chi connectivity index (χ1n) is 8.12. The predicted molar refractivity (Wildman–Crippen MR) is 82.8 cm³/mol. The molecule has 0 unspecified atom stereocenters. The summed E-state index contributed by atoms with van der Waals surface area (Å²) in [7, 11) is 0. The molecule has 2 aliphatic rings. The van der Waals surface area contributed by atoms with Crippen molar-refractivity contribution in [3.05, 3.63) is 47.5 Å². The van der Waals surface area contributed by atoms with E-state index in [4.69, 9.17) is 0 Å². The average molecular weight is 268 g/mol. The molecular weight excluding hydrogens is 244 g/mol. The summed E-state index contributed by atoms with van der Waals surface area (Å²) in [5.74, 6) is 0.433. The van der Waals surface area contributed by atoms with E-state index in [-0.39, 0.29) is 5.41 Å². The lowest BCUT2D eigenvalue weighted by Crippen LogP contribution is -2.34. The Labute approximate surface area is 122 Å². The molecule has 2 aliphatic carbocycles. The molecule has 0 radical (unpaired) electrons. The molecule has 0 N–H and O–H groups in total. The molecule has 0 saturated heterocycles. The van der Waals surface area contributed by atoms with Crippen molar-refractivity contribution in [2.24, 2.45) is 0 Å². The van der Waals surface area contributed by atoms with Crippen molar-refractivity contribution in [3.8, 4) is 0 Å². The van der Waals surface area contributed by atoms with Gasteiger partial charge in [0.1, 0.15) is 0 Å². The number of carbonyl (C=O) groups is 1. The minimum Gasteiger partial charge on any atom is -0.294 e. The summed E-state index contributed by atoms with van der Waals surface area (Å²) in [4.78, 5) is 13.2. The van der Waals surface area contributed by atoms with E-state index < -0.39 is 0 Å². The van der Waals surface area contributed by atoms with Gasteiger partial charge in [-0.3, -0.25) is 4.79 Å². The van der Waals surface area contributed by atoms with Crippen molar-refractivity contribution in [1.82, 2.24) is 0 Å². The number of allylic oxidation sites excluding steroid dienone is 2. The third-order valence-corrected chi connectivity index (χ3v) is 5.05. The molecule has 0 aliphatic heterocycles. The van der Waals surface area contributed by atoms with Gasteiger partial charge in [-0.05, 0) is 49.7 Å². The van der Waals surface area contributed by atoms with Gasteiger partial charge >= 0.3 is 0 Å². The average Bonchev–Trinajstić information content (AvgIpc) is 2.84. The van der Waals surface area contributed by atoms with Crippen LogP contribution >= 0.6 is 0 Å². The fourth-order valence-electron chi connectivity index (χ4n) is 3.91. The molecule has 1 saturated carbocycles. The molecule has 0 aromatic heterocycles. The number of hydrogen-bond acceptors (Lipinski definition) is 1. The number of benzene rings is 1. The van der Waals surface area contributed by atoms with Crippen LogP contribution in [0.4, 0.5) is 0 Å². The molecule has 0 bridgehead atoms. The second-order valence-corrected chi connectivity index (χ2v) is 6.31. The van der Waals surface area contributed by atoms with Crippen LogP contribution in [0.3, 0.4) is 0 Å². The van der Waals surface area contributed by atoms with Crippen LogP contribution in [0.15, 0.2) is 42.0 Å². The fourth-order valence-corrected chi connectivity index (χ4v) is 3.91. The van der Waals surface area contributed by atoms with Gasteiger partial charge in [0.25, 0.3) is 0 Å². The molecule has 1 fully saturated rings. The zero-order valence-electron chi connectivity index (χ0n) is 12.2. The first-order valence-corrected chi connectivity index (χ1v) is 8.12. The third kappa shape index (κ3) is 2.46. The van der Waals surface area contributed by atoms with Gasteiger partial charge in [-0.2, -0.15) is 0 Å². The zero-order chi connectivity index (χ0) is 13.8. The van der Waals surface area contributed by atoms with Crippen LogP contribution in [-0.4, -0.2) is 5.78 Å². The van der Waals surface area contributed by atoms with Crippen LogP contribution in [0.5, 0.6) is 0 Å². The molecule has 1 aromatic carbocycles. The molecule has 1 nitrogen and oxygen atoms in total. The smallest absolute Gasteiger partial charge is 0.169 e. The van der Waals surface area contributed by atoms with Gasteiger partial charge < -0.3 is 0 Å². The van der Waals surface area contributed by atoms with Gasteiger partial charge in [0.2, 0.25) is 0 Å². The molecular formula is C19H24O. The van der Waals surface area contributed by atoms with Gasteiger partial charge in [0.15, 0.2) is 5.78 Å². The van der Waals surface area contributed by atoms with Crippen LogP contribution < -0.4 is 0 Å². The molecule has 3 rings (SSSR count). The predicted octanol–water partition coefficient (Wildman–Crippen LogP) is 4.96. The SMILES string of the molecule is O=C(C1=CCCCCC1)C1(c2ccccc2)CCCC1. The van der Waals surface area contributed by atoms with E-state index in [1.54, 1.807) is 0 Å². The molecule has 106 valence electrons. The lowest BCUT2D eigenvalue weighted by molar-refractivity contribution is -0.120. The Morgan fingerprint density at radius 3 is 2.40 bits per heavy atom. The van der Waals surface area contributed by atoms with E-state index in [2.05, 4.69) is 30.3 Å². The van der Waals surface area contributed by atoms with E-state index in [0.29, 0.717) is 5.78 Å². The van der Waals surface area contributed by atoms with E-state index in [9.17, 15) is 4.79 Å². The van der Waals surface area contributed by atoms with E-state index >= 15 is 0 Å². The minimum atomic E-state index is -0.211. The Morgan fingerprint density at radius 2 is 1.65 bits per heavy atom. The molecule has 0 heterocycles. The second-order valence-electron chi connectivity index (χ2n) is 6.31. The summed E-state index contributed by atoms with van der Waals surface area (Å²) < 4.78 is 0. The number of carbonyl (C=O) groups excluding carboxylic acids is 1. The molecule has 1 aromatic rings. The fraction of sp³-hybridized carbons (Fsp3) is 0.526. The topological polar surface area (TPSA) is 17.1 Å². The highest BCUT2D eigenvalue weighted by Gasteiger charge is 2.43. The monoisotopic (exact) mass is 268 g/mol. The van der Waals surface area contributed by atoms with Crippen molar-refractivity contribution >= 4 is 5.78 Å². The molecule has 0 spiro atoms. The third-order valence-electron chi connectivity index (χ3n) is 5.05. The molecule has 0 atom stereocenters. The zero-order valence-corrected chi connectivity index (χ0v) is 12.2. The first kappa shape index (κ1) is 13.6.